The van der Waals surface area contributed by atoms with Crippen LogP contribution < -0.4 is 5.73 Å². The lowest BCUT2D eigenvalue weighted by molar-refractivity contribution is 0.404. The van der Waals surface area contributed by atoms with Crippen molar-refractivity contribution >= 4 is 0 Å². The first-order valence-corrected chi connectivity index (χ1v) is 4.84. The van der Waals surface area contributed by atoms with Gasteiger partial charge >= 0.3 is 0 Å². The first kappa shape index (κ1) is 10.2. The Balaban J connectivity index is 2.66. The van der Waals surface area contributed by atoms with E-state index < -0.39 is 0 Å². The monoisotopic (exact) mass is 183 g/mol. The summed E-state index contributed by atoms with van der Waals surface area (Å²) in [7, 11) is 0. The zero-order valence-electron chi connectivity index (χ0n) is 8.29. The predicted octanol–water partition coefficient (Wildman–Crippen LogP) is 1.47. The number of hydrogen-bond donors (Lipinski definition) is 1. The van der Waals surface area contributed by atoms with Crippen LogP contribution in [-0.4, -0.2) is 16.7 Å². The lowest BCUT2D eigenvalue weighted by Crippen LogP contribution is -2.02. The molecule has 1 rings (SSSR count). The van der Waals surface area contributed by atoms with E-state index in [0.29, 0.717) is 24.8 Å². The summed E-state index contributed by atoms with van der Waals surface area (Å²) in [6, 6.07) is 0. The first-order chi connectivity index (χ1) is 6.31. The lowest BCUT2D eigenvalue weighted by Gasteiger charge is -2.04. The highest BCUT2D eigenvalue weighted by Gasteiger charge is 2.14. The Hall–Kier alpha value is -0.900. The third-order valence-electron chi connectivity index (χ3n) is 2.18. The number of hydrogen-bond acceptors (Lipinski definition) is 4. The summed E-state index contributed by atoms with van der Waals surface area (Å²) in [6.45, 7) is 4.81. The molecule has 0 aliphatic rings. The van der Waals surface area contributed by atoms with Crippen LogP contribution in [0.15, 0.2) is 4.42 Å². The van der Waals surface area contributed by atoms with Crippen LogP contribution in [0.2, 0.25) is 0 Å². The summed E-state index contributed by atoms with van der Waals surface area (Å²) in [5.41, 5.74) is 5.38. The summed E-state index contributed by atoms with van der Waals surface area (Å²) < 4.78 is 5.47. The largest absolute Gasteiger partial charge is 0.425 e. The van der Waals surface area contributed by atoms with Crippen LogP contribution in [-0.2, 0) is 6.42 Å². The van der Waals surface area contributed by atoms with Crippen LogP contribution in [0.25, 0.3) is 0 Å². The average Bonchev–Trinajstić information content (AvgIpc) is 2.56. The van der Waals surface area contributed by atoms with E-state index in [9.17, 15) is 0 Å². The van der Waals surface area contributed by atoms with Crippen LogP contribution >= 0.6 is 0 Å². The van der Waals surface area contributed by atoms with Crippen LogP contribution in [0.4, 0.5) is 0 Å². The van der Waals surface area contributed by atoms with Crippen LogP contribution in [0.5, 0.6) is 0 Å². The van der Waals surface area contributed by atoms with Gasteiger partial charge in [-0.15, -0.1) is 10.2 Å². The van der Waals surface area contributed by atoms with Gasteiger partial charge in [-0.05, 0) is 12.8 Å². The average molecular weight is 183 g/mol. The molecule has 4 nitrogen and oxygen atoms in total. The number of nitrogens with two attached hydrogens (primary N) is 1. The minimum absolute atomic E-state index is 0.402. The molecule has 0 radical (unpaired) electrons. The third-order valence-corrected chi connectivity index (χ3v) is 2.18. The van der Waals surface area contributed by atoms with Gasteiger partial charge in [-0.25, -0.2) is 0 Å². The van der Waals surface area contributed by atoms with Gasteiger partial charge in [-0.3, -0.25) is 0 Å². The summed E-state index contributed by atoms with van der Waals surface area (Å²) in [5.74, 6) is 1.82. The molecule has 1 aromatic heterocycles. The van der Waals surface area contributed by atoms with Crippen LogP contribution in [0, 0.1) is 0 Å². The van der Waals surface area contributed by atoms with E-state index in [-0.39, 0.29) is 0 Å². The molecule has 0 spiro atoms. The second kappa shape index (κ2) is 4.97. The van der Waals surface area contributed by atoms with Crippen molar-refractivity contribution in [1.82, 2.24) is 10.2 Å². The van der Waals surface area contributed by atoms with Crippen molar-refractivity contribution in [2.24, 2.45) is 5.73 Å². The van der Waals surface area contributed by atoms with E-state index in [1.807, 2.05) is 0 Å². The molecular weight excluding hydrogens is 166 g/mol. The SMILES string of the molecule is CCC(CC)c1nnc(CCN)o1. The summed E-state index contributed by atoms with van der Waals surface area (Å²) in [5, 5.41) is 7.93. The molecule has 0 amide bonds. The number of rotatable bonds is 5. The van der Waals surface area contributed by atoms with Gasteiger partial charge in [0.05, 0.1) is 0 Å². The Labute approximate surface area is 78.5 Å². The van der Waals surface area contributed by atoms with Crippen molar-refractivity contribution in [3.63, 3.8) is 0 Å². The summed E-state index contributed by atoms with van der Waals surface area (Å²) in [6.07, 6.45) is 2.76. The molecule has 0 saturated carbocycles. The van der Waals surface area contributed by atoms with Gasteiger partial charge in [0.15, 0.2) is 0 Å². The first-order valence-electron chi connectivity index (χ1n) is 4.84. The Kier molecular flexibility index (Phi) is 3.89. The van der Waals surface area contributed by atoms with E-state index in [4.69, 9.17) is 10.2 Å². The maximum absolute atomic E-state index is 5.47. The van der Waals surface area contributed by atoms with Gasteiger partial charge in [0.25, 0.3) is 0 Å². The molecule has 0 fully saturated rings. The van der Waals surface area contributed by atoms with Gasteiger partial charge in [0, 0.05) is 18.9 Å². The van der Waals surface area contributed by atoms with E-state index in [1.165, 1.54) is 0 Å². The third kappa shape index (κ3) is 2.52. The van der Waals surface area contributed by atoms with Crippen LogP contribution in [0.3, 0.4) is 0 Å². The Morgan fingerprint density at radius 3 is 2.54 bits per heavy atom. The molecule has 0 bridgehead atoms. The van der Waals surface area contributed by atoms with Gasteiger partial charge < -0.3 is 10.2 Å². The van der Waals surface area contributed by atoms with E-state index in [2.05, 4.69) is 24.0 Å². The van der Waals surface area contributed by atoms with Gasteiger partial charge in [-0.1, -0.05) is 13.8 Å². The van der Waals surface area contributed by atoms with Gasteiger partial charge in [-0.2, -0.15) is 0 Å². The minimum atomic E-state index is 0.402. The van der Waals surface area contributed by atoms with Gasteiger partial charge in [0.2, 0.25) is 11.8 Å². The second-order valence-corrected chi connectivity index (χ2v) is 3.09. The highest BCUT2D eigenvalue weighted by molar-refractivity contribution is 4.90. The normalized spacial score (nSPS) is 11.1. The molecule has 0 atom stereocenters. The summed E-state index contributed by atoms with van der Waals surface area (Å²) >= 11 is 0. The highest BCUT2D eigenvalue weighted by atomic mass is 16.4. The molecule has 2 N–H and O–H groups in total. The topological polar surface area (TPSA) is 64.9 Å². The summed E-state index contributed by atoms with van der Waals surface area (Å²) in [4.78, 5) is 0. The van der Waals surface area contributed by atoms with Crippen molar-refractivity contribution in [3.8, 4) is 0 Å². The van der Waals surface area contributed by atoms with E-state index in [0.717, 1.165) is 18.7 Å². The zero-order chi connectivity index (χ0) is 9.68. The minimum Gasteiger partial charge on any atom is -0.425 e. The zero-order valence-corrected chi connectivity index (χ0v) is 8.29. The smallest absolute Gasteiger partial charge is 0.219 e. The molecule has 0 saturated heterocycles. The molecule has 4 heteroatoms. The Morgan fingerprint density at radius 2 is 2.00 bits per heavy atom. The maximum atomic E-state index is 5.47. The van der Waals surface area contributed by atoms with Crippen molar-refractivity contribution in [3.05, 3.63) is 11.8 Å². The fourth-order valence-electron chi connectivity index (χ4n) is 1.29. The molecule has 0 aliphatic heterocycles. The molecule has 0 aliphatic carbocycles. The van der Waals surface area contributed by atoms with Crippen molar-refractivity contribution < 1.29 is 4.42 Å². The van der Waals surface area contributed by atoms with E-state index >= 15 is 0 Å². The number of aromatic nitrogens is 2. The Morgan fingerprint density at radius 1 is 1.31 bits per heavy atom. The molecule has 0 unspecified atom stereocenters. The Bertz CT molecular complexity index is 243. The molecule has 1 aromatic rings. The quantitative estimate of drug-likeness (QED) is 0.750. The molecular formula is C9H17N3O. The molecule has 0 aromatic carbocycles. The fourth-order valence-corrected chi connectivity index (χ4v) is 1.29. The second-order valence-electron chi connectivity index (χ2n) is 3.09. The maximum Gasteiger partial charge on any atom is 0.219 e. The van der Waals surface area contributed by atoms with E-state index in [1.54, 1.807) is 0 Å². The molecule has 13 heavy (non-hydrogen) atoms. The number of nitrogens with zero attached hydrogens (tertiary/aromatic N) is 2. The van der Waals surface area contributed by atoms with Crippen molar-refractivity contribution in [1.29, 1.82) is 0 Å². The van der Waals surface area contributed by atoms with Crippen LogP contribution in [0.1, 0.15) is 44.4 Å². The van der Waals surface area contributed by atoms with Gasteiger partial charge in [0.1, 0.15) is 0 Å². The molecule has 1 heterocycles. The predicted molar refractivity (Wildman–Crippen MR) is 50.4 cm³/mol. The fraction of sp³-hybridized carbons (Fsp3) is 0.778. The standard InChI is InChI=1S/C9H17N3O/c1-3-7(4-2)9-12-11-8(13-9)5-6-10/h7H,3-6,10H2,1-2H3. The van der Waals surface area contributed by atoms with Crippen molar-refractivity contribution in [2.45, 2.75) is 39.0 Å². The highest BCUT2D eigenvalue weighted by Crippen LogP contribution is 2.21. The van der Waals surface area contributed by atoms with Crippen molar-refractivity contribution in [2.75, 3.05) is 6.54 Å². The molecule has 74 valence electrons. The lowest BCUT2D eigenvalue weighted by atomic mass is 10.0.